The Labute approximate surface area is 170 Å². The third-order valence-electron chi connectivity index (χ3n) is 5.63. The summed E-state index contributed by atoms with van der Waals surface area (Å²) in [5, 5.41) is 6.89. The molecule has 2 rings (SSSR count). The molecule has 0 unspecified atom stereocenters. The van der Waals surface area contributed by atoms with Crippen LogP contribution in [0.5, 0.6) is 0 Å². The number of amides is 1. The first-order valence-electron chi connectivity index (χ1n) is 11.3. The number of piperidine rings is 1. The van der Waals surface area contributed by atoms with Crippen molar-refractivity contribution in [2.75, 3.05) is 39.3 Å². The Bertz CT molecular complexity index is 456. The lowest BCUT2D eigenvalue weighted by atomic mass is 10.1. The van der Waals surface area contributed by atoms with Crippen molar-refractivity contribution in [1.29, 1.82) is 0 Å². The van der Waals surface area contributed by atoms with Crippen LogP contribution in [0.1, 0.15) is 71.1 Å². The summed E-state index contributed by atoms with van der Waals surface area (Å²) >= 11 is 0. The zero-order chi connectivity index (χ0) is 20.0. The maximum Gasteiger partial charge on any atom is 0.231 e. The Kier molecular flexibility index (Phi) is 11.3. The highest BCUT2D eigenvalue weighted by molar-refractivity contribution is 5.80. The van der Waals surface area contributed by atoms with E-state index >= 15 is 0 Å². The minimum atomic E-state index is -0.246. The molecule has 1 amide bonds. The largest absolute Gasteiger partial charge is 0.378 e. The molecule has 2 fully saturated rings. The van der Waals surface area contributed by atoms with E-state index in [0.717, 1.165) is 64.4 Å². The number of nitrogens with two attached hydrogens (primary N) is 1. The minimum Gasteiger partial charge on any atom is -0.378 e. The van der Waals surface area contributed by atoms with Gasteiger partial charge in [-0.05, 0) is 45.4 Å². The average Bonchev–Trinajstić information content (AvgIpc) is 2.94. The molecular formula is C21H41N5O2. The fourth-order valence-electron chi connectivity index (χ4n) is 4.03. The van der Waals surface area contributed by atoms with Crippen molar-refractivity contribution < 1.29 is 9.53 Å². The maximum absolute atomic E-state index is 11.0. The van der Waals surface area contributed by atoms with Gasteiger partial charge in [-0.1, -0.05) is 25.7 Å². The molecule has 2 aliphatic rings. The molecule has 0 aromatic rings. The molecule has 162 valence electrons. The van der Waals surface area contributed by atoms with Gasteiger partial charge in [0.2, 0.25) is 5.91 Å². The first-order chi connectivity index (χ1) is 13.7. The van der Waals surface area contributed by atoms with Gasteiger partial charge in [-0.3, -0.25) is 14.7 Å². The van der Waals surface area contributed by atoms with Crippen molar-refractivity contribution >= 4 is 11.9 Å². The Hall–Kier alpha value is -1.34. The van der Waals surface area contributed by atoms with Crippen LogP contribution >= 0.6 is 0 Å². The van der Waals surface area contributed by atoms with E-state index in [9.17, 15) is 4.79 Å². The van der Waals surface area contributed by atoms with E-state index in [1.165, 1.54) is 38.5 Å². The molecule has 1 aliphatic heterocycles. The van der Waals surface area contributed by atoms with Crippen LogP contribution in [0.4, 0.5) is 0 Å². The van der Waals surface area contributed by atoms with E-state index in [4.69, 9.17) is 15.5 Å². The number of carbonyl (C=O) groups excluding carboxylic acids is 1. The number of likely N-dealkylation sites (tertiary alicyclic amines) is 1. The van der Waals surface area contributed by atoms with Gasteiger partial charge in [0, 0.05) is 38.8 Å². The number of aliphatic imine (C=N–C) groups is 1. The van der Waals surface area contributed by atoms with Crippen LogP contribution in [0.15, 0.2) is 4.99 Å². The second kappa shape index (κ2) is 13.8. The second-order valence-electron chi connectivity index (χ2n) is 8.11. The zero-order valence-electron chi connectivity index (χ0n) is 17.8. The van der Waals surface area contributed by atoms with Gasteiger partial charge in [-0.15, -0.1) is 0 Å². The summed E-state index contributed by atoms with van der Waals surface area (Å²) in [6.07, 6.45) is 12.5. The van der Waals surface area contributed by atoms with E-state index in [0.29, 0.717) is 18.7 Å². The van der Waals surface area contributed by atoms with Gasteiger partial charge in [0.25, 0.3) is 0 Å². The van der Waals surface area contributed by atoms with Crippen molar-refractivity contribution in [3.05, 3.63) is 0 Å². The third kappa shape index (κ3) is 9.73. The zero-order valence-corrected chi connectivity index (χ0v) is 17.8. The molecule has 7 heteroatoms. The lowest BCUT2D eigenvalue weighted by molar-refractivity contribution is -0.119. The summed E-state index contributed by atoms with van der Waals surface area (Å²) in [6.45, 7) is 6.80. The predicted octanol–water partition coefficient (Wildman–Crippen LogP) is 2.01. The van der Waals surface area contributed by atoms with Crippen LogP contribution in [0.2, 0.25) is 0 Å². The molecule has 1 saturated heterocycles. The van der Waals surface area contributed by atoms with E-state index in [1.54, 1.807) is 0 Å². The van der Waals surface area contributed by atoms with Crippen LogP contribution in [-0.4, -0.2) is 68.2 Å². The summed E-state index contributed by atoms with van der Waals surface area (Å²) in [4.78, 5) is 17.9. The highest BCUT2D eigenvalue weighted by Gasteiger charge is 2.20. The average molecular weight is 396 g/mol. The smallest absolute Gasteiger partial charge is 0.231 e. The number of primary amides is 1. The molecule has 0 spiro atoms. The number of hydrogen-bond donors (Lipinski definition) is 3. The summed E-state index contributed by atoms with van der Waals surface area (Å²) in [6, 6.07) is 0.403. The molecular weight excluding hydrogens is 354 g/mol. The van der Waals surface area contributed by atoms with Crippen LogP contribution in [0.3, 0.4) is 0 Å². The molecule has 1 saturated carbocycles. The monoisotopic (exact) mass is 395 g/mol. The molecule has 4 N–H and O–H groups in total. The van der Waals surface area contributed by atoms with Gasteiger partial charge in [-0.2, -0.15) is 0 Å². The Morgan fingerprint density at radius 3 is 2.46 bits per heavy atom. The lowest BCUT2D eigenvalue weighted by Gasteiger charge is -2.32. The van der Waals surface area contributed by atoms with Crippen molar-refractivity contribution in [1.82, 2.24) is 15.5 Å². The fourth-order valence-corrected chi connectivity index (χ4v) is 4.03. The molecule has 0 aromatic carbocycles. The Morgan fingerprint density at radius 1 is 1.11 bits per heavy atom. The molecule has 0 aromatic heterocycles. The third-order valence-corrected chi connectivity index (χ3v) is 5.63. The quantitative estimate of drug-likeness (QED) is 0.228. The lowest BCUT2D eigenvalue weighted by Crippen LogP contribution is -2.49. The SMILES string of the molecule is CCNC(=NCCCCOC1CCCCCC1)NC1CCN(CC(N)=O)CC1. The van der Waals surface area contributed by atoms with E-state index < -0.39 is 0 Å². The molecule has 1 heterocycles. The van der Waals surface area contributed by atoms with Crippen molar-refractivity contribution in [2.24, 2.45) is 10.7 Å². The van der Waals surface area contributed by atoms with Crippen LogP contribution < -0.4 is 16.4 Å². The summed E-state index contributed by atoms with van der Waals surface area (Å²) < 4.78 is 6.06. The van der Waals surface area contributed by atoms with E-state index in [1.807, 2.05) is 0 Å². The number of guanidine groups is 1. The first kappa shape index (κ1) is 22.9. The van der Waals surface area contributed by atoms with Crippen molar-refractivity contribution in [3.8, 4) is 0 Å². The normalized spacial score (nSPS) is 20.7. The van der Waals surface area contributed by atoms with Gasteiger partial charge in [0.1, 0.15) is 0 Å². The van der Waals surface area contributed by atoms with Crippen molar-refractivity contribution in [3.63, 3.8) is 0 Å². The number of ether oxygens (including phenoxy) is 1. The van der Waals surface area contributed by atoms with E-state index in [-0.39, 0.29) is 5.91 Å². The Morgan fingerprint density at radius 2 is 1.82 bits per heavy atom. The van der Waals surface area contributed by atoms with Gasteiger partial charge >= 0.3 is 0 Å². The molecule has 28 heavy (non-hydrogen) atoms. The minimum absolute atomic E-state index is 0.246. The number of nitrogens with zero attached hydrogens (tertiary/aromatic N) is 2. The molecule has 7 nitrogen and oxygen atoms in total. The highest BCUT2D eigenvalue weighted by Crippen LogP contribution is 2.20. The molecule has 0 radical (unpaired) electrons. The molecule has 0 atom stereocenters. The van der Waals surface area contributed by atoms with Gasteiger partial charge in [0.15, 0.2) is 5.96 Å². The number of nitrogens with one attached hydrogen (secondary N) is 2. The predicted molar refractivity (Wildman–Crippen MR) is 114 cm³/mol. The fraction of sp³-hybridized carbons (Fsp3) is 0.905. The Balaban J connectivity index is 1.60. The first-order valence-corrected chi connectivity index (χ1v) is 11.3. The number of carbonyl (C=O) groups is 1. The van der Waals surface area contributed by atoms with Gasteiger partial charge in [-0.25, -0.2) is 0 Å². The second-order valence-corrected chi connectivity index (χ2v) is 8.11. The van der Waals surface area contributed by atoms with Crippen LogP contribution in [0.25, 0.3) is 0 Å². The summed E-state index contributed by atoms with van der Waals surface area (Å²) in [5.41, 5.74) is 5.28. The standard InChI is InChI=1S/C21H41N5O2/c1-2-23-21(25-18-11-14-26(15-12-18)17-20(22)27)24-13-7-8-16-28-19-9-5-3-4-6-10-19/h18-19H,2-17H2,1H3,(H2,22,27)(H2,23,24,25). The number of rotatable bonds is 10. The van der Waals surface area contributed by atoms with Crippen LogP contribution in [0, 0.1) is 0 Å². The topological polar surface area (TPSA) is 92.0 Å². The molecule has 0 bridgehead atoms. The summed E-state index contributed by atoms with van der Waals surface area (Å²) in [7, 11) is 0. The van der Waals surface area contributed by atoms with E-state index in [2.05, 4.69) is 22.5 Å². The number of hydrogen-bond acceptors (Lipinski definition) is 4. The van der Waals surface area contributed by atoms with Crippen molar-refractivity contribution in [2.45, 2.75) is 83.3 Å². The van der Waals surface area contributed by atoms with Gasteiger partial charge < -0.3 is 21.1 Å². The summed E-state index contributed by atoms with van der Waals surface area (Å²) in [5.74, 6) is 0.657. The molecule has 1 aliphatic carbocycles. The highest BCUT2D eigenvalue weighted by atomic mass is 16.5. The maximum atomic E-state index is 11.0. The van der Waals surface area contributed by atoms with Gasteiger partial charge in [0.05, 0.1) is 12.6 Å². The van der Waals surface area contributed by atoms with Crippen LogP contribution in [-0.2, 0) is 9.53 Å². The number of unbranched alkanes of at least 4 members (excludes halogenated alkanes) is 1.